The van der Waals surface area contributed by atoms with Gasteiger partial charge in [0.1, 0.15) is 5.82 Å². The van der Waals surface area contributed by atoms with E-state index < -0.39 is 6.10 Å². The van der Waals surface area contributed by atoms with Crippen LogP contribution >= 0.6 is 0 Å². The molecule has 14 heavy (non-hydrogen) atoms. The molecule has 0 aliphatic heterocycles. The van der Waals surface area contributed by atoms with E-state index >= 15 is 0 Å². The second kappa shape index (κ2) is 4.53. The molecule has 0 aliphatic rings. The van der Waals surface area contributed by atoms with Crippen LogP contribution in [0, 0.1) is 12.7 Å². The Morgan fingerprint density at radius 2 is 2.14 bits per heavy atom. The Hall–Kier alpha value is -0.930. The second-order valence-corrected chi connectivity index (χ2v) is 3.73. The van der Waals surface area contributed by atoms with E-state index in [1.807, 2.05) is 6.92 Å². The van der Waals surface area contributed by atoms with E-state index in [9.17, 15) is 9.50 Å². The Labute approximate surface area is 83.6 Å². The first-order valence-corrected chi connectivity index (χ1v) is 4.70. The number of aliphatic hydroxyl groups is 1. The normalized spacial score (nSPS) is 15.2. The molecule has 0 saturated carbocycles. The summed E-state index contributed by atoms with van der Waals surface area (Å²) in [7, 11) is 0. The standard InChI is InChI=1S/C11H16FNO/c1-7-5-9(12)3-4-10(7)11(14)6-8(2)13/h3-5,8,11,14H,6,13H2,1-2H3. The van der Waals surface area contributed by atoms with Crippen LogP contribution in [0.1, 0.15) is 30.6 Å². The Balaban J connectivity index is 2.84. The summed E-state index contributed by atoms with van der Waals surface area (Å²) < 4.78 is 12.8. The maximum atomic E-state index is 12.8. The molecule has 78 valence electrons. The van der Waals surface area contributed by atoms with Crippen molar-refractivity contribution >= 4 is 0 Å². The molecule has 0 radical (unpaired) electrons. The maximum absolute atomic E-state index is 12.8. The summed E-state index contributed by atoms with van der Waals surface area (Å²) in [4.78, 5) is 0. The van der Waals surface area contributed by atoms with Crippen LogP contribution in [-0.2, 0) is 0 Å². The van der Waals surface area contributed by atoms with Crippen LogP contribution < -0.4 is 5.73 Å². The number of nitrogens with two attached hydrogens (primary N) is 1. The van der Waals surface area contributed by atoms with Gasteiger partial charge in [-0.3, -0.25) is 0 Å². The van der Waals surface area contributed by atoms with Gasteiger partial charge >= 0.3 is 0 Å². The molecule has 3 heteroatoms. The Kier molecular flexibility index (Phi) is 3.61. The van der Waals surface area contributed by atoms with Crippen LogP contribution in [0.25, 0.3) is 0 Å². The minimum atomic E-state index is -0.601. The molecule has 2 unspecified atom stereocenters. The highest BCUT2D eigenvalue weighted by atomic mass is 19.1. The quantitative estimate of drug-likeness (QED) is 0.777. The Morgan fingerprint density at radius 1 is 1.50 bits per heavy atom. The lowest BCUT2D eigenvalue weighted by molar-refractivity contribution is 0.159. The molecule has 0 fully saturated rings. The van der Waals surface area contributed by atoms with Gasteiger partial charge in [-0.1, -0.05) is 6.07 Å². The average molecular weight is 197 g/mol. The van der Waals surface area contributed by atoms with Crippen molar-refractivity contribution in [3.63, 3.8) is 0 Å². The number of aliphatic hydroxyl groups excluding tert-OH is 1. The number of halogens is 1. The molecule has 2 nitrogen and oxygen atoms in total. The first-order chi connectivity index (χ1) is 6.50. The minimum Gasteiger partial charge on any atom is -0.388 e. The lowest BCUT2D eigenvalue weighted by Crippen LogP contribution is -2.18. The largest absolute Gasteiger partial charge is 0.388 e. The molecule has 2 atom stereocenters. The third-order valence-electron chi connectivity index (χ3n) is 2.19. The first kappa shape index (κ1) is 11.1. The summed E-state index contributed by atoms with van der Waals surface area (Å²) in [6, 6.07) is 4.32. The molecule has 0 saturated heterocycles. The van der Waals surface area contributed by atoms with E-state index in [2.05, 4.69) is 0 Å². The number of rotatable bonds is 3. The van der Waals surface area contributed by atoms with Crippen molar-refractivity contribution in [2.24, 2.45) is 5.73 Å². The molecule has 0 heterocycles. The van der Waals surface area contributed by atoms with Crippen molar-refractivity contribution in [3.05, 3.63) is 35.1 Å². The van der Waals surface area contributed by atoms with Crippen molar-refractivity contribution in [2.45, 2.75) is 32.4 Å². The SMILES string of the molecule is Cc1cc(F)ccc1C(O)CC(C)N. The molecule has 0 spiro atoms. The van der Waals surface area contributed by atoms with E-state index in [0.717, 1.165) is 11.1 Å². The highest BCUT2D eigenvalue weighted by Gasteiger charge is 2.12. The van der Waals surface area contributed by atoms with E-state index in [0.29, 0.717) is 6.42 Å². The molecule has 1 aromatic carbocycles. The molecule has 0 aromatic heterocycles. The summed E-state index contributed by atoms with van der Waals surface area (Å²) in [5.41, 5.74) is 7.09. The highest BCUT2D eigenvalue weighted by molar-refractivity contribution is 5.28. The lowest BCUT2D eigenvalue weighted by Gasteiger charge is -2.15. The third-order valence-corrected chi connectivity index (χ3v) is 2.19. The molecular formula is C11H16FNO. The zero-order chi connectivity index (χ0) is 10.7. The molecule has 0 amide bonds. The zero-order valence-electron chi connectivity index (χ0n) is 8.50. The van der Waals surface area contributed by atoms with Gasteiger partial charge in [-0.15, -0.1) is 0 Å². The smallest absolute Gasteiger partial charge is 0.123 e. The van der Waals surface area contributed by atoms with E-state index in [1.165, 1.54) is 12.1 Å². The van der Waals surface area contributed by atoms with Gasteiger partial charge in [-0.25, -0.2) is 4.39 Å². The van der Waals surface area contributed by atoms with Gasteiger partial charge < -0.3 is 10.8 Å². The molecule has 3 N–H and O–H groups in total. The fourth-order valence-electron chi connectivity index (χ4n) is 1.49. The van der Waals surface area contributed by atoms with Gasteiger partial charge in [-0.2, -0.15) is 0 Å². The van der Waals surface area contributed by atoms with Crippen LogP contribution in [0.15, 0.2) is 18.2 Å². The van der Waals surface area contributed by atoms with Crippen molar-refractivity contribution in [1.29, 1.82) is 0 Å². The van der Waals surface area contributed by atoms with Crippen LogP contribution in [0.3, 0.4) is 0 Å². The number of hydrogen-bond acceptors (Lipinski definition) is 2. The molecular weight excluding hydrogens is 181 g/mol. The number of hydrogen-bond donors (Lipinski definition) is 2. The number of aryl methyl sites for hydroxylation is 1. The van der Waals surface area contributed by atoms with E-state index in [1.54, 1.807) is 13.0 Å². The third kappa shape index (κ3) is 2.79. The van der Waals surface area contributed by atoms with Gasteiger partial charge in [0.2, 0.25) is 0 Å². The monoisotopic (exact) mass is 197 g/mol. The lowest BCUT2D eigenvalue weighted by atomic mass is 9.99. The predicted molar refractivity (Wildman–Crippen MR) is 54.4 cm³/mol. The fraction of sp³-hybridized carbons (Fsp3) is 0.455. The second-order valence-electron chi connectivity index (χ2n) is 3.73. The van der Waals surface area contributed by atoms with Gasteiger partial charge in [0, 0.05) is 6.04 Å². The molecule has 0 aliphatic carbocycles. The van der Waals surface area contributed by atoms with Crippen LogP contribution in [0.2, 0.25) is 0 Å². The van der Waals surface area contributed by atoms with Crippen LogP contribution in [0.4, 0.5) is 4.39 Å². The topological polar surface area (TPSA) is 46.2 Å². The van der Waals surface area contributed by atoms with Crippen molar-refractivity contribution in [1.82, 2.24) is 0 Å². The van der Waals surface area contributed by atoms with E-state index in [-0.39, 0.29) is 11.9 Å². The molecule has 0 bridgehead atoms. The average Bonchev–Trinajstić information content (AvgIpc) is 2.01. The first-order valence-electron chi connectivity index (χ1n) is 4.70. The van der Waals surface area contributed by atoms with Crippen molar-refractivity contribution in [3.8, 4) is 0 Å². The van der Waals surface area contributed by atoms with E-state index in [4.69, 9.17) is 5.73 Å². The molecule has 1 aromatic rings. The fourth-order valence-corrected chi connectivity index (χ4v) is 1.49. The van der Waals surface area contributed by atoms with Crippen LogP contribution in [-0.4, -0.2) is 11.1 Å². The van der Waals surface area contributed by atoms with Gasteiger partial charge in [0.25, 0.3) is 0 Å². The minimum absolute atomic E-state index is 0.0607. The highest BCUT2D eigenvalue weighted by Crippen LogP contribution is 2.21. The van der Waals surface area contributed by atoms with Crippen LogP contribution in [0.5, 0.6) is 0 Å². The van der Waals surface area contributed by atoms with Gasteiger partial charge in [-0.05, 0) is 43.5 Å². The maximum Gasteiger partial charge on any atom is 0.123 e. The summed E-state index contributed by atoms with van der Waals surface area (Å²) in [5.74, 6) is -0.278. The number of benzene rings is 1. The molecule has 1 rings (SSSR count). The van der Waals surface area contributed by atoms with Gasteiger partial charge in [0.15, 0.2) is 0 Å². The Bertz CT molecular complexity index is 312. The predicted octanol–water partition coefficient (Wildman–Crippen LogP) is 1.90. The van der Waals surface area contributed by atoms with Crippen molar-refractivity contribution < 1.29 is 9.50 Å². The summed E-state index contributed by atoms with van der Waals surface area (Å²) >= 11 is 0. The summed E-state index contributed by atoms with van der Waals surface area (Å²) in [5, 5.41) is 9.76. The Morgan fingerprint density at radius 3 is 2.64 bits per heavy atom. The summed E-state index contributed by atoms with van der Waals surface area (Å²) in [6.45, 7) is 3.62. The van der Waals surface area contributed by atoms with Gasteiger partial charge in [0.05, 0.1) is 6.10 Å². The van der Waals surface area contributed by atoms with Crippen molar-refractivity contribution in [2.75, 3.05) is 0 Å². The summed E-state index contributed by atoms with van der Waals surface area (Å²) in [6.07, 6.45) is -0.109. The zero-order valence-corrected chi connectivity index (χ0v) is 8.50.